The summed E-state index contributed by atoms with van der Waals surface area (Å²) in [5.41, 5.74) is 6.31. The summed E-state index contributed by atoms with van der Waals surface area (Å²) in [4.78, 5) is 4.37. The van der Waals surface area contributed by atoms with Gasteiger partial charge in [0, 0.05) is 18.4 Å². The lowest BCUT2D eigenvalue weighted by atomic mass is 10.0. The molecule has 2 unspecified atom stereocenters. The molecule has 0 aliphatic rings. The number of hydrogen-bond acceptors (Lipinski definition) is 4. The van der Waals surface area contributed by atoms with Gasteiger partial charge in [0.1, 0.15) is 5.82 Å². The maximum Gasteiger partial charge on any atom is 0.229 e. The van der Waals surface area contributed by atoms with E-state index in [2.05, 4.69) is 17.1 Å². The lowest BCUT2D eigenvalue weighted by Gasteiger charge is -2.07. The number of nitrogens with zero attached hydrogens (tertiary/aromatic N) is 2. The Kier molecular flexibility index (Phi) is 5.44. The van der Waals surface area contributed by atoms with Crippen molar-refractivity contribution in [2.24, 2.45) is 5.73 Å². The average molecular weight is 291 g/mol. The third kappa shape index (κ3) is 4.63. The molecule has 0 aliphatic carbocycles. The van der Waals surface area contributed by atoms with E-state index in [9.17, 15) is 4.39 Å². The maximum absolute atomic E-state index is 13.6. The van der Waals surface area contributed by atoms with E-state index in [4.69, 9.17) is 10.3 Å². The highest BCUT2D eigenvalue weighted by atomic mass is 19.1. The number of hydrogen-bond donors (Lipinski definition) is 1. The molecule has 2 atom stereocenters. The third-order valence-corrected chi connectivity index (χ3v) is 3.51. The standard InChI is InChI=1S/C16H22FN3O/c1-11(6-5-7-12(2)18)16-19-15(20-21-16)10-13-8-3-4-9-14(13)17/h3-4,8-9,11-12H,5-7,10,18H2,1-2H3. The zero-order valence-electron chi connectivity index (χ0n) is 12.6. The Morgan fingerprint density at radius 2 is 2.00 bits per heavy atom. The number of aromatic nitrogens is 2. The van der Waals surface area contributed by atoms with Crippen LogP contribution in [0.25, 0.3) is 0 Å². The van der Waals surface area contributed by atoms with Gasteiger partial charge >= 0.3 is 0 Å². The van der Waals surface area contributed by atoms with Crippen LogP contribution in [0.3, 0.4) is 0 Å². The molecule has 5 heteroatoms. The van der Waals surface area contributed by atoms with Crippen molar-refractivity contribution in [3.63, 3.8) is 0 Å². The summed E-state index contributed by atoms with van der Waals surface area (Å²) in [6.07, 6.45) is 3.33. The molecule has 0 saturated carbocycles. The van der Waals surface area contributed by atoms with Crippen LogP contribution in [-0.2, 0) is 6.42 Å². The lowest BCUT2D eigenvalue weighted by Crippen LogP contribution is -2.14. The first-order chi connectivity index (χ1) is 10.1. The Labute approximate surface area is 124 Å². The van der Waals surface area contributed by atoms with Crippen molar-refractivity contribution in [1.29, 1.82) is 0 Å². The highest BCUT2D eigenvalue weighted by Crippen LogP contribution is 2.21. The summed E-state index contributed by atoms with van der Waals surface area (Å²) in [6, 6.07) is 6.86. The summed E-state index contributed by atoms with van der Waals surface area (Å²) in [6.45, 7) is 4.06. The van der Waals surface area contributed by atoms with Gasteiger partial charge in [-0.15, -0.1) is 0 Å². The molecule has 0 amide bonds. The van der Waals surface area contributed by atoms with Gasteiger partial charge < -0.3 is 10.3 Å². The monoisotopic (exact) mass is 291 g/mol. The van der Waals surface area contributed by atoms with Crippen molar-refractivity contribution in [2.75, 3.05) is 0 Å². The molecular formula is C16H22FN3O. The molecule has 0 saturated heterocycles. The normalized spacial score (nSPS) is 14.1. The topological polar surface area (TPSA) is 64.9 Å². The van der Waals surface area contributed by atoms with Gasteiger partial charge in [0.25, 0.3) is 0 Å². The van der Waals surface area contributed by atoms with E-state index in [0.717, 1.165) is 19.3 Å². The predicted octanol–water partition coefficient (Wildman–Crippen LogP) is 3.42. The van der Waals surface area contributed by atoms with Gasteiger partial charge in [-0.2, -0.15) is 4.98 Å². The Balaban J connectivity index is 1.93. The molecule has 1 aromatic carbocycles. The maximum atomic E-state index is 13.6. The molecule has 2 aromatic rings. The van der Waals surface area contributed by atoms with Gasteiger partial charge in [-0.3, -0.25) is 0 Å². The quantitative estimate of drug-likeness (QED) is 0.849. The van der Waals surface area contributed by atoms with E-state index in [-0.39, 0.29) is 17.8 Å². The lowest BCUT2D eigenvalue weighted by molar-refractivity contribution is 0.346. The fourth-order valence-electron chi connectivity index (χ4n) is 2.22. The van der Waals surface area contributed by atoms with Gasteiger partial charge in [-0.1, -0.05) is 36.7 Å². The first-order valence-corrected chi connectivity index (χ1v) is 7.37. The van der Waals surface area contributed by atoms with Crippen LogP contribution in [0.15, 0.2) is 28.8 Å². The van der Waals surface area contributed by atoms with Crippen LogP contribution in [-0.4, -0.2) is 16.2 Å². The highest BCUT2D eigenvalue weighted by molar-refractivity contribution is 5.20. The molecule has 0 bridgehead atoms. The molecule has 2 rings (SSSR count). The molecule has 1 aromatic heterocycles. The van der Waals surface area contributed by atoms with Crippen molar-refractivity contribution in [3.05, 3.63) is 47.4 Å². The van der Waals surface area contributed by atoms with Crippen LogP contribution in [0.4, 0.5) is 4.39 Å². The first-order valence-electron chi connectivity index (χ1n) is 7.37. The third-order valence-electron chi connectivity index (χ3n) is 3.51. The van der Waals surface area contributed by atoms with E-state index in [1.54, 1.807) is 18.2 Å². The van der Waals surface area contributed by atoms with Gasteiger partial charge in [-0.25, -0.2) is 4.39 Å². The molecule has 1 heterocycles. The van der Waals surface area contributed by atoms with E-state index in [1.807, 2.05) is 6.92 Å². The highest BCUT2D eigenvalue weighted by Gasteiger charge is 2.15. The van der Waals surface area contributed by atoms with Crippen molar-refractivity contribution in [1.82, 2.24) is 10.1 Å². The molecule has 0 spiro atoms. The molecule has 21 heavy (non-hydrogen) atoms. The zero-order chi connectivity index (χ0) is 15.2. The summed E-state index contributed by atoms with van der Waals surface area (Å²) < 4.78 is 18.9. The van der Waals surface area contributed by atoms with Crippen molar-refractivity contribution in [3.8, 4) is 0 Å². The van der Waals surface area contributed by atoms with Gasteiger partial charge in [0.15, 0.2) is 5.82 Å². The number of nitrogens with two attached hydrogens (primary N) is 1. The second kappa shape index (κ2) is 7.31. The molecule has 2 N–H and O–H groups in total. The largest absolute Gasteiger partial charge is 0.339 e. The minimum Gasteiger partial charge on any atom is -0.339 e. The van der Waals surface area contributed by atoms with Crippen LogP contribution in [0.5, 0.6) is 0 Å². The summed E-state index contributed by atoms with van der Waals surface area (Å²) in [7, 11) is 0. The Hall–Kier alpha value is -1.75. The van der Waals surface area contributed by atoms with E-state index < -0.39 is 0 Å². The fourth-order valence-corrected chi connectivity index (χ4v) is 2.22. The van der Waals surface area contributed by atoms with E-state index in [0.29, 0.717) is 23.7 Å². The van der Waals surface area contributed by atoms with E-state index in [1.165, 1.54) is 6.07 Å². The molecular weight excluding hydrogens is 269 g/mol. The predicted molar refractivity (Wildman–Crippen MR) is 79.4 cm³/mol. The van der Waals surface area contributed by atoms with Crippen LogP contribution in [0.2, 0.25) is 0 Å². The number of halogens is 1. The molecule has 0 radical (unpaired) electrons. The Morgan fingerprint density at radius 1 is 1.24 bits per heavy atom. The van der Waals surface area contributed by atoms with Crippen molar-refractivity contribution in [2.45, 2.75) is 51.5 Å². The molecule has 114 valence electrons. The van der Waals surface area contributed by atoms with Gasteiger partial charge in [-0.05, 0) is 31.4 Å². The Morgan fingerprint density at radius 3 is 2.71 bits per heavy atom. The van der Waals surface area contributed by atoms with E-state index >= 15 is 0 Å². The van der Waals surface area contributed by atoms with Crippen molar-refractivity contribution < 1.29 is 8.91 Å². The molecule has 0 fully saturated rings. The SMILES string of the molecule is CC(N)CCCC(C)c1nc(Cc2ccccc2F)no1. The molecule has 0 aliphatic heterocycles. The second-order valence-electron chi connectivity index (χ2n) is 5.63. The smallest absolute Gasteiger partial charge is 0.229 e. The summed E-state index contributed by atoms with van der Waals surface area (Å²) in [5, 5.41) is 3.94. The van der Waals surface area contributed by atoms with Crippen LogP contribution in [0, 0.1) is 5.82 Å². The molecule has 4 nitrogen and oxygen atoms in total. The Bertz CT molecular complexity index is 568. The second-order valence-corrected chi connectivity index (χ2v) is 5.63. The fraction of sp³-hybridized carbons (Fsp3) is 0.500. The van der Waals surface area contributed by atoms with Crippen LogP contribution in [0.1, 0.15) is 56.3 Å². The van der Waals surface area contributed by atoms with Gasteiger partial charge in [0.2, 0.25) is 5.89 Å². The summed E-state index contributed by atoms with van der Waals surface area (Å²) >= 11 is 0. The minimum atomic E-state index is -0.242. The van der Waals surface area contributed by atoms with Gasteiger partial charge in [0.05, 0.1) is 0 Å². The number of rotatable bonds is 7. The number of benzene rings is 1. The minimum absolute atomic E-state index is 0.200. The van der Waals surface area contributed by atoms with Crippen molar-refractivity contribution >= 4 is 0 Å². The van der Waals surface area contributed by atoms with Crippen LogP contribution < -0.4 is 5.73 Å². The summed E-state index contributed by atoms with van der Waals surface area (Å²) in [5.74, 6) is 1.10. The zero-order valence-corrected chi connectivity index (χ0v) is 12.6. The first kappa shape index (κ1) is 15.6. The van der Waals surface area contributed by atoms with Crippen LogP contribution >= 0.6 is 0 Å². The average Bonchev–Trinajstić information content (AvgIpc) is 2.89.